The Kier molecular flexibility index (Phi) is 16.2. The van der Waals surface area contributed by atoms with E-state index in [9.17, 15) is 0 Å². The number of hydrogen-bond donors (Lipinski definition) is 3. The molecule has 3 heteroatoms. The highest BCUT2D eigenvalue weighted by Crippen LogP contribution is 2.12. The van der Waals surface area contributed by atoms with Gasteiger partial charge in [0.1, 0.15) is 0 Å². The fraction of sp³-hybridized carbons (Fsp3) is 1.00. The van der Waals surface area contributed by atoms with Crippen molar-refractivity contribution in [3.63, 3.8) is 0 Å². The minimum absolute atomic E-state index is 0.199. The van der Waals surface area contributed by atoms with Crippen LogP contribution in [0.3, 0.4) is 0 Å². The van der Waals surface area contributed by atoms with Crippen molar-refractivity contribution in [1.29, 1.82) is 0 Å². The molecule has 0 saturated carbocycles. The summed E-state index contributed by atoms with van der Waals surface area (Å²) in [5, 5.41) is 0. The zero-order valence-corrected chi connectivity index (χ0v) is 14.5. The van der Waals surface area contributed by atoms with Crippen LogP contribution in [0, 0.1) is 0 Å². The SMILES string of the molecule is CCCCCCCCC(N)C(N)CCCCCCCCN. The second-order valence-corrected chi connectivity index (χ2v) is 6.58. The molecule has 0 aliphatic rings. The van der Waals surface area contributed by atoms with Crippen molar-refractivity contribution in [2.45, 2.75) is 109 Å². The van der Waals surface area contributed by atoms with Gasteiger partial charge in [-0.05, 0) is 25.8 Å². The summed E-state index contributed by atoms with van der Waals surface area (Å²) >= 11 is 0. The van der Waals surface area contributed by atoms with Crippen LogP contribution < -0.4 is 17.2 Å². The van der Waals surface area contributed by atoms with Crippen LogP contribution >= 0.6 is 0 Å². The molecule has 2 unspecified atom stereocenters. The molecule has 0 aliphatic carbocycles. The van der Waals surface area contributed by atoms with Crippen molar-refractivity contribution in [3.05, 3.63) is 0 Å². The molecule has 0 spiro atoms. The molecule has 0 aromatic carbocycles. The molecule has 128 valence electrons. The molecule has 0 radical (unpaired) electrons. The zero-order valence-electron chi connectivity index (χ0n) is 14.5. The van der Waals surface area contributed by atoms with Gasteiger partial charge in [-0.15, -0.1) is 0 Å². The van der Waals surface area contributed by atoms with Gasteiger partial charge in [-0.2, -0.15) is 0 Å². The second kappa shape index (κ2) is 16.3. The number of hydrogen-bond acceptors (Lipinski definition) is 3. The first kappa shape index (κ1) is 20.9. The highest BCUT2D eigenvalue weighted by molar-refractivity contribution is 4.75. The van der Waals surface area contributed by atoms with Gasteiger partial charge < -0.3 is 17.2 Å². The average molecular weight is 300 g/mol. The van der Waals surface area contributed by atoms with Gasteiger partial charge in [-0.25, -0.2) is 0 Å². The maximum absolute atomic E-state index is 6.20. The maximum Gasteiger partial charge on any atom is 0.0192 e. The Labute approximate surface area is 133 Å². The fourth-order valence-corrected chi connectivity index (χ4v) is 2.82. The largest absolute Gasteiger partial charge is 0.330 e. The van der Waals surface area contributed by atoms with Crippen LogP contribution in [0.15, 0.2) is 0 Å². The molecule has 0 aliphatic heterocycles. The minimum atomic E-state index is 0.199. The molecule has 21 heavy (non-hydrogen) atoms. The molecule has 0 saturated heterocycles. The summed E-state index contributed by atoms with van der Waals surface area (Å²) in [6.45, 7) is 3.09. The fourth-order valence-electron chi connectivity index (χ4n) is 2.82. The van der Waals surface area contributed by atoms with Crippen molar-refractivity contribution >= 4 is 0 Å². The van der Waals surface area contributed by atoms with Crippen LogP contribution in [0.25, 0.3) is 0 Å². The van der Waals surface area contributed by atoms with Crippen molar-refractivity contribution < 1.29 is 0 Å². The Hall–Kier alpha value is -0.120. The molecule has 3 nitrogen and oxygen atoms in total. The van der Waals surface area contributed by atoms with E-state index in [-0.39, 0.29) is 12.1 Å². The summed E-state index contributed by atoms with van der Waals surface area (Å²) in [7, 11) is 0. The molecule has 0 aromatic heterocycles. The van der Waals surface area contributed by atoms with Gasteiger partial charge in [-0.1, -0.05) is 77.6 Å². The van der Waals surface area contributed by atoms with E-state index in [4.69, 9.17) is 17.2 Å². The monoisotopic (exact) mass is 299 g/mol. The summed E-state index contributed by atoms with van der Waals surface area (Å²) in [5.74, 6) is 0. The molecule has 0 fully saturated rings. The Morgan fingerprint density at radius 3 is 1.38 bits per heavy atom. The van der Waals surface area contributed by atoms with Crippen LogP contribution in [-0.2, 0) is 0 Å². The first-order valence-corrected chi connectivity index (χ1v) is 9.43. The summed E-state index contributed by atoms with van der Waals surface area (Å²) in [5.41, 5.74) is 17.9. The lowest BCUT2D eigenvalue weighted by molar-refractivity contribution is 0.429. The van der Waals surface area contributed by atoms with Gasteiger partial charge in [-0.3, -0.25) is 0 Å². The van der Waals surface area contributed by atoms with Crippen LogP contribution in [0.1, 0.15) is 96.8 Å². The third-order valence-corrected chi connectivity index (χ3v) is 4.43. The number of rotatable bonds is 16. The van der Waals surface area contributed by atoms with Crippen LogP contribution in [-0.4, -0.2) is 18.6 Å². The first-order chi connectivity index (χ1) is 10.2. The first-order valence-electron chi connectivity index (χ1n) is 9.43. The van der Waals surface area contributed by atoms with Crippen molar-refractivity contribution in [2.24, 2.45) is 17.2 Å². The third kappa shape index (κ3) is 14.6. The molecular weight excluding hydrogens is 258 g/mol. The highest BCUT2D eigenvalue weighted by Gasteiger charge is 2.12. The van der Waals surface area contributed by atoms with Gasteiger partial charge in [0.05, 0.1) is 0 Å². The summed E-state index contributed by atoms with van der Waals surface area (Å²) in [4.78, 5) is 0. The van der Waals surface area contributed by atoms with E-state index in [0.29, 0.717) is 0 Å². The van der Waals surface area contributed by atoms with E-state index < -0.39 is 0 Å². The average Bonchev–Trinajstić information content (AvgIpc) is 2.49. The molecule has 0 rings (SSSR count). The minimum Gasteiger partial charge on any atom is -0.330 e. The zero-order chi connectivity index (χ0) is 15.8. The van der Waals surface area contributed by atoms with Gasteiger partial charge in [0.15, 0.2) is 0 Å². The van der Waals surface area contributed by atoms with Gasteiger partial charge in [0.2, 0.25) is 0 Å². The third-order valence-electron chi connectivity index (χ3n) is 4.43. The highest BCUT2D eigenvalue weighted by atomic mass is 14.8. The van der Waals surface area contributed by atoms with E-state index >= 15 is 0 Å². The summed E-state index contributed by atoms with van der Waals surface area (Å²) in [6.07, 6.45) is 17.8. The maximum atomic E-state index is 6.20. The topological polar surface area (TPSA) is 78.1 Å². The molecule has 0 amide bonds. The van der Waals surface area contributed by atoms with Crippen LogP contribution in [0.4, 0.5) is 0 Å². The standard InChI is InChI=1S/C18H41N3/c1-2-3-4-5-8-11-14-17(20)18(21)15-12-9-6-7-10-13-16-19/h17-18H,2-16,19-21H2,1H3. The van der Waals surface area contributed by atoms with E-state index in [1.165, 1.54) is 77.0 Å². The van der Waals surface area contributed by atoms with Crippen LogP contribution in [0.2, 0.25) is 0 Å². The number of nitrogens with two attached hydrogens (primary N) is 3. The van der Waals surface area contributed by atoms with Crippen molar-refractivity contribution in [2.75, 3.05) is 6.54 Å². The lowest BCUT2D eigenvalue weighted by Crippen LogP contribution is -2.41. The lowest BCUT2D eigenvalue weighted by atomic mass is 9.97. The van der Waals surface area contributed by atoms with E-state index in [1.54, 1.807) is 0 Å². The summed E-state index contributed by atoms with van der Waals surface area (Å²) < 4.78 is 0. The Balaban J connectivity index is 3.34. The molecule has 6 N–H and O–H groups in total. The number of unbranched alkanes of at least 4 members (excludes halogenated alkanes) is 10. The second-order valence-electron chi connectivity index (χ2n) is 6.58. The molecule has 0 heterocycles. The molecule has 0 bridgehead atoms. The van der Waals surface area contributed by atoms with Gasteiger partial charge in [0.25, 0.3) is 0 Å². The van der Waals surface area contributed by atoms with Crippen molar-refractivity contribution in [1.82, 2.24) is 0 Å². The Bertz CT molecular complexity index is 197. The predicted octanol–water partition coefficient (Wildman–Crippen LogP) is 4.08. The lowest BCUT2D eigenvalue weighted by Gasteiger charge is -2.19. The van der Waals surface area contributed by atoms with E-state index in [1.807, 2.05) is 0 Å². The quantitative estimate of drug-likeness (QED) is 0.376. The molecule has 2 atom stereocenters. The summed E-state index contributed by atoms with van der Waals surface area (Å²) in [6, 6.07) is 0.401. The van der Waals surface area contributed by atoms with E-state index in [2.05, 4.69) is 6.92 Å². The van der Waals surface area contributed by atoms with Crippen molar-refractivity contribution in [3.8, 4) is 0 Å². The molecule has 0 aromatic rings. The smallest absolute Gasteiger partial charge is 0.0192 e. The Morgan fingerprint density at radius 2 is 0.952 bits per heavy atom. The van der Waals surface area contributed by atoms with Gasteiger partial charge >= 0.3 is 0 Å². The normalized spacial score (nSPS) is 14.3. The Morgan fingerprint density at radius 1 is 0.571 bits per heavy atom. The predicted molar refractivity (Wildman–Crippen MR) is 95.3 cm³/mol. The van der Waals surface area contributed by atoms with Gasteiger partial charge in [0, 0.05) is 12.1 Å². The van der Waals surface area contributed by atoms with Crippen LogP contribution in [0.5, 0.6) is 0 Å². The molecular formula is C18H41N3. The van der Waals surface area contributed by atoms with E-state index in [0.717, 1.165) is 19.4 Å².